The standard InChI is InChI=1S/C30H31ClN4O4S/c1-5-39-28-13-15-29(16-14-28)40(37,38)34(26-11-9-21(2)10-12-26)20-30(36)33-32-19-24-17-22(3)35(23(24)4)27-8-6-7-25(31)18-27/h6-19H,5,20H2,1-4H3,(H,33,36)/b32-19-. The third kappa shape index (κ3) is 6.55. The molecule has 1 amide bonds. The van der Waals surface area contributed by atoms with Gasteiger partial charge in [0, 0.05) is 27.7 Å². The Kier molecular flexibility index (Phi) is 8.96. The molecule has 40 heavy (non-hydrogen) atoms. The Hall–Kier alpha value is -4.08. The number of halogens is 1. The number of hydrogen-bond donors (Lipinski definition) is 1. The van der Waals surface area contributed by atoms with E-state index in [0.717, 1.165) is 32.5 Å². The summed E-state index contributed by atoms with van der Waals surface area (Å²) in [5.41, 5.74) is 7.40. The van der Waals surface area contributed by atoms with Gasteiger partial charge in [0.05, 0.1) is 23.4 Å². The van der Waals surface area contributed by atoms with Gasteiger partial charge in [0.25, 0.3) is 15.9 Å². The van der Waals surface area contributed by atoms with Crippen LogP contribution in [0.25, 0.3) is 5.69 Å². The van der Waals surface area contributed by atoms with Gasteiger partial charge >= 0.3 is 0 Å². The number of hydrogen-bond acceptors (Lipinski definition) is 5. The molecule has 0 aliphatic rings. The van der Waals surface area contributed by atoms with Crippen molar-refractivity contribution in [2.75, 3.05) is 17.5 Å². The molecule has 1 N–H and O–H groups in total. The summed E-state index contributed by atoms with van der Waals surface area (Å²) in [6.45, 7) is 7.67. The van der Waals surface area contributed by atoms with Gasteiger partial charge in [-0.05, 0) is 88.4 Å². The molecule has 0 unspecified atom stereocenters. The van der Waals surface area contributed by atoms with Crippen molar-refractivity contribution in [2.45, 2.75) is 32.6 Å². The number of amides is 1. The van der Waals surface area contributed by atoms with Crippen molar-refractivity contribution >= 4 is 39.4 Å². The maximum absolute atomic E-state index is 13.6. The van der Waals surface area contributed by atoms with Crippen molar-refractivity contribution in [3.05, 3.63) is 106 Å². The monoisotopic (exact) mass is 578 g/mol. The summed E-state index contributed by atoms with van der Waals surface area (Å²) < 4.78 is 35.8. The van der Waals surface area contributed by atoms with Gasteiger partial charge in [-0.15, -0.1) is 0 Å². The average molecular weight is 579 g/mol. The fraction of sp³-hybridized carbons (Fsp3) is 0.200. The van der Waals surface area contributed by atoms with Crippen LogP contribution in [0.3, 0.4) is 0 Å². The lowest BCUT2D eigenvalue weighted by atomic mass is 10.2. The highest BCUT2D eigenvalue weighted by Crippen LogP contribution is 2.26. The van der Waals surface area contributed by atoms with E-state index in [0.29, 0.717) is 23.1 Å². The maximum Gasteiger partial charge on any atom is 0.264 e. The number of aryl methyl sites for hydroxylation is 2. The molecular formula is C30H31ClN4O4S. The number of benzene rings is 3. The molecule has 0 fully saturated rings. The number of anilines is 1. The molecule has 3 aromatic carbocycles. The van der Waals surface area contributed by atoms with E-state index in [9.17, 15) is 13.2 Å². The largest absolute Gasteiger partial charge is 0.494 e. The summed E-state index contributed by atoms with van der Waals surface area (Å²) in [5.74, 6) is -0.0277. The van der Waals surface area contributed by atoms with Gasteiger partial charge in [0.15, 0.2) is 0 Å². The predicted octanol–water partition coefficient (Wildman–Crippen LogP) is 5.80. The lowest BCUT2D eigenvalue weighted by Gasteiger charge is -2.24. The predicted molar refractivity (Wildman–Crippen MR) is 159 cm³/mol. The molecule has 208 valence electrons. The quantitative estimate of drug-likeness (QED) is 0.190. The first kappa shape index (κ1) is 28.9. The van der Waals surface area contributed by atoms with Crippen LogP contribution < -0.4 is 14.5 Å². The Balaban J connectivity index is 1.54. The second kappa shape index (κ2) is 12.4. The molecule has 0 saturated heterocycles. The molecule has 1 aromatic heterocycles. The molecule has 0 spiro atoms. The summed E-state index contributed by atoms with van der Waals surface area (Å²) in [6.07, 6.45) is 1.54. The Morgan fingerprint density at radius 1 is 1.02 bits per heavy atom. The van der Waals surface area contributed by atoms with Gasteiger partial charge in [-0.3, -0.25) is 9.10 Å². The van der Waals surface area contributed by atoms with E-state index >= 15 is 0 Å². The van der Waals surface area contributed by atoms with Crippen LogP contribution >= 0.6 is 11.6 Å². The summed E-state index contributed by atoms with van der Waals surface area (Å²) in [5, 5.41) is 4.74. The third-order valence-corrected chi connectivity index (χ3v) is 8.28. The Morgan fingerprint density at radius 2 is 1.73 bits per heavy atom. The Morgan fingerprint density at radius 3 is 2.38 bits per heavy atom. The normalized spacial score (nSPS) is 11.5. The number of nitrogens with zero attached hydrogens (tertiary/aromatic N) is 3. The highest BCUT2D eigenvalue weighted by atomic mass is 35.5. The number of carbonyl (C=O) groups excluding carboxylic acids is 1. The third-order valence-electron chi connectivity index (χ3n) is 6.26. The first-order valence-corrected chi connectivity index (χ1v) is 14.5. The lowest BCUT2D eigenvalue weighted by Crippen LogP contribution is -2.39. The van der Waals surface area contributed by atoms with Gasteiger partial charge in [-0.25, -0.2) is 13.8 Å². The van der Waals surface area contributed by atoms with Crippen LogP contribution in [0, 0.1) is 20.8 Å². The number of aromatic nitrogens is 1. The first-order valence-electron chi connectivity index (χ1n) is 12.7. The first-order chi connectivity index (χ1) is 19.1. The van der Waals surface area contributed by atoms with E-state index in [1.807, 2.05) is 62.6 Å². The van der Waals surface area contributed by atoms with Crippen molar-refractivity contribution in [1.29, 1.82) is 0 Å². The molecule has 8 nitrogen and oxygen atoms in total. The van der Waals surface area contributed by atoms with E-state index in [2.05, 4.69) is 10.5 Å². The molecule has 0 atom stereocenters. The van der Waals surface area contributed by atoms with Crippen molar-refractivity contribution in [1.82, 2.24) is 9.99 Å². The fourth-order valence-corrected chi connectivity index (χ4v) is 5.90. The summed E-state index contributed by atoms with van der Waals surface area (Å²) in [7, 11) is -4.06. The second-order valence-corrected chi connectivity index (χ2v) is 11.5. The van der Waals surface area contributed by atoms with Crippen LogP contribution in [0.2, 0.25) is 5.02 Å². The molecule has 1 heterocycles. The highest BCUT2D eigenvalue weighted by Gasteiger charge is 2.27. The molecule has 0 aliphatic heterocycles. The molecule has 0 saturated carbocycles. The molecular weight excluding hydrogens is 548 g/mol. The summed E-state index contributed by atoms with van der Waals surface area (Å²) in [4.78, 5) is 13.0. The molecule has 4 rings (SSSR count). The van der Waals surface area contributed by atoms with Crippen LogP contribution in [0.15, 0.2) is 88.9 Å². The smallest absolute Gasteiger partial charge is 0.264 e. The van der Waals surface area contributed by atoms with Gasteiger partial charge in [0.2, 0.25) is 0 Å². The zero-order chi connectivity index (χ0) is 28.9. The second-order valence-electron chi connectivity index (χ2n) is 9.19. The molecule has 0 radical (unpaired) electrons. The topological polar surface area (TPSA) is 93.0 Å². The van der Waals surface area contributed by atoms with Gasteiger partial charge in [-0.2, -0.15) is 5.10 Å². The number of sulfonamides is 1. The van der Waals surface area contributed by atoms with Crippen LogP contribution in [-0.2, 0) is 14.8 Å². The minimum atomic E-state index is -4.06. The minimum Gasteiger partial charge on any atom is -0.494 e. The number of ether oxygens (including phenoxy) is 1. The van der Waals surface area contributed by atoms with E-state index in [4.69, 9.17) is 16.3 Å². The number of nitrogens with one attached hydrogen (secondary N) is 1. The Labute approximate surface area is 239 Å². The van der Waals surface area contributed by atoms with E-state index in [1.54, 1.807) is 42.6 Å². The lowest BCUT2D eigenvalue weighted by molar-refractivity contribution is -0.119. The van der Waals surface area contributed by atoms with Gasteiger partial charge in [-0.1, -0.05) is 35.4 Å². The average Bonchev–Trinajstić information content (AvgIpc) is 3.21. The molecule has 10 heteroatoms. The number of carbonyl (C=O) groups is 1. The van der Waals surface area contributed by atoms with Crippen molar-refractivity contribution in [2.24, 2.45) is 5.10 Å². The molecule has 0 aliphatic carbocycles. The maximum atomic E-state index is 13.6. The van der Waals surface area contributed by atoms with Gasteiger partial charge in [0.1, 0.15) is 12.3 Å². The Bertz CT molecular complexity index is 1630. The van der Waals surface area contributed by atoms with Crippen molar-refractivity contribution < 1.29 is 17.9 Å². The summed E-state index contributed by atoms with van der Waals surface area (Å²) >= 11 is 6.17. The number of hydrazone groups is 1. The fourth-order valence-electron chi connectivity index (χ4n) is 4.30. The molecule has 0 bridgehead atoms. The van der Waals surface area contributed by atoms with Crippen molar-refractivity contribution in [3.63, 3.8) is 0 Å². The van der Waals surface area contributed by atoms with E-state index in [1.165, 1.54) is 12.1 Å². The SMILES string of the molecule is CCOc1ccc(S(=O)(=O)N(CC(=O)N/N=C\c2cc(C)n(-c3cccc(Cl)c3)c2C)c2ccc(C)cc2)cc1. The zero-order valence-electron chi connectivity index (χ0n) is 22.8. The van der Waals surface area contributed by atoms with Gasteiger partial charge < -0.3 is 9.30 Å². The van der Waals surface area contributed by atoms with Crippen LogP contribution in [0.4, 0.5) is 5.69 Å². The van der Waals surface area contributed by atoms with Crippen LogP contribution in [0.1, 0.15) is 29.4 Å². The van der Waals surface area contributed by atoms with Crippen LogP contribution in [-0.4, -0.2) is 38.3 Å². The van der Waals surface area contributed by atoms with Crippen LogP contribution in [0.5, 0.6) is 5.75 Å². The summed E-state index contributed by atoms with van der Waals surface area (Å²) in [6, 6.07) is 22.5. The molecule has 4 aromatic rings. The zero-order valence-corrected chi connectivity index (χ0v) is 24.3. The van der Waals surface area contributed by atoms with E-state index in [-0.39, 0.29) is 4.90 Å². The number of rotatable bonds is 10. The van der Waals surface area contributed by atoms with E-state index < -0.39 is 22.5 Å². The van der Waals surface area contributed by atoms with Crippen molar-refractivity contribution in [3.8, 4) is 11.4 Å². The minimum absolute atomic E-state index is 0.0429. The highest BCUT2D eigenvalue weighted by molar-refractivity contribution is 7.92.